The van der Waals surface area contributed by atoms with Gasteiger partial charge in [0.1, 0.15) is 25.3 Å². The van der Waals surface area contributed by atoms with Crippen molar-refractivity contribution in [3.05, 3.63) is 228 Å². The smallest absolute Gasteiger partial charge is 0.328 e. The number of carboxylic acids is 1. The van der Waals surface area contributed by atoms with Gasteiger partial charge < -0.3 is 30.0 Å². The molecule has 2 amide bonds. The van der Waals surface area contributed by atoms with Gasteiger partial charge >= 0.3 is 24.0 Å². The molecule has 0 fully saturated rings. The van der Waals surface area contributed by atoms with E-state index in [2.05, 4.69) is 30.6 Å². The van der Waals surface area contributed by atoms with Crippen LogP contribution >= 0.6 is 0 Å². The average molecular weight is 921 g/mol. The Labute approximate surface area is 399 Å². The Balaban J connectivity index is 0.000000204. The summed E-state index contributed by atoms with van der Waals surface area (Å²) in [5.41, 5.74) is 7.86. The standard InChI is InChI=1S/C28H25N3O4.C27H23N3O4/c1-34-27(33)25(16-20-8-4-2-5-9-20)31-26(32)23-14-12-22(13-15-23)24-17-29-28(30-18-24)35-19-21-10-6-3-7-11-21;31-25(30-24(26(32)33)15-19-7-3-1-4-8-19)22-13-11-21(12-14-22)23-16-28-27(29-17-23)34-18-20-9-5-2-6-10-20/h2-15,17-18,25H,16,19H2,1H3,(H,31,32);1-14,16-17,24H,15,18H2,(H,30,31)(H,32,33). The van der Waals surface area contributed by atoms with Crippen LogP contribution in [0.2, 0.25) is 0 Å². The fourth-order valence-electron chi connectivity index (χ4n) is 6.87. The number of carbonyl (C=O) groups is 4. The van der Waals surface area contributed by atoms with E-state index in [-0.39, 0.29) is 18.3 Å². The van der Waals surface area contributed by atoms with Crippen LogP contribution < -0.4 is 20.1 Å². The van der Waals surface area contributed by atoms with Crippen molar-refractivity contribution in [2.24, 2.45) is 0 Å². The first-order chi connectivity index (χ1) is 33.7. The molecule has 69 heavy (non-hydrogen) atoms. The number of methoxy groups -OCH3 is 1. The fourth-order valence-corrected chi connectivity index (χ4v) is 6.87. The van der Waals surface area contributed by atoms with Crippen molar-refractivity contribution in [2.45, 2.75) is 38.1 Å². The Hall–Kier alpha value is -9.04. The lowest BCUT2D eigenvalue weighted by Crippen LogP contribution is -2.43. The Bertz CT molecular complexity index is 2880. The molecule has 346 valence electrons. The number of nitrogens with zero attached hydrogens (tertiary/aromatic N) is 4. The van der Waals surface area contributed by atoms with Gasteiger partial charge in [-0.2, -0.15) is 0 Å². The van der Waals surface area contributed by atoms with Crippen molar-refractivity contribution in [1.82, 2.24) is 30.6 Å². The monoisotopic (exact) mass is 920 g/mol. The highest BCUT2D eigenvalue weighted by Gasteiger charge is 2.23. The number of hydrogen-bond donors (Lipinski definition) is 3. The lowest BCUT2D eigenvalue weighted by Gasteiger charge is -2.17. The maximum absolute atomic E-state index is 12.8. The predicted octanol–water partition coefficient (Wildman–Crippen LogP) is 8.39. The molecule has 0 radical (unpaired) electrons. The van der Waals surface area contributed by atoms with Crippen LogP contribution in [0.5, 0.6) is 12.0 Å². The molecular weight excluding hydrogens is 873 g/mol. The predicted molar refractivity (Wildman–Crippen MR) is 259 cm³/mol. The number of benzene rings is 6. The number of carboxylic acid groups (broad SMARTS) is 1. The molecule has 8 aromatic rings. The largest absolute Gasteiger partial charge is 0.480 e. The van der Waals surface area contributed by atoms with E-state index in [1.54, 1.807) is 61.2 Å². The van der Waals surface area contributed by atoms with Crippen LogP contribution in [-0.2, 0) is 40.4 Å². The summed E-state index contributed by atoms with van der Waals surface area (Å²) >= 11 is 0. The minimum atomic E-state index is -1.08. The average Bonchev–Trinajstić information content (AvgIpc) is 3.40. The van der Waals surface area contributed by atoms with Crippen molar-refractivity contribution < 1.29 is 38.5 Å². The summed E-state index contributed by atoms with van der Waals surface area (Å²) in [5.74, 6) is -2.38. The summed E-state index contributed by atoms with van der Waals surface area (Å²) in [4.78, 5) is 66.3. The van der Waals surface area contributed by atoms with Crippen LogP contribution in [-0.4, -0.2) is 68.0 Å². The Morgan fingerprint density at radius 1 is 0.449 bits per heavy atom. The lowest BCUT2D eigenvalue weighted by molar-refractivity contribution is -0.143. The lowest BCUT2D eigenvalue weighted by atomic mass is 10.0. The van der Waals surface area contributed by atoms with E-state index >= 15 is 0 Å². The summed E-state index contributed by atoms with van der Waals surface area (Å²) in [6.07, 6.45) is 7.21. The van der Waals surface area contributed by atoms with Gasteiger partial charge in [-0.1, -0.05) is 146 Å². The van der Waals surface area contributed by atoms with E-state index in [0.717, 1.165) is 44.5 Å². The number of ether oxygens (including phenoxy) is 3. The SMILES string of the molecule is COC(=O)C(Cc1ccccc1)NC(=O)c1ccc(-c2cnc(OCc3ccccc3)nc2)cc1.O=C(NC(Cc1ccccc1)C(=O)O)c1ccc(-c2cnc(OCc3ccccc3)nc2)cc1. The van der Waals surface area contributed by atoms with Gasteiger partial charge in [-0.25, -0.2) is 29.5 Å². The molecule has 3 N–H and O–H groups in total. The van der Waals surface area contributed by atoms with Crippen LogP contribution in [0.15, 0.2) is 195 Å². The Morgan fingerprint density at radius 2 is 0.783 bits per heavy atom. The number of aliphatic carboxylic acids is 1. The fraction of sp³-hybridized carbons (Fsp3) is 0.127. The van der Waals surface area contributed by atoms with E-state index in [4.69, 9.17) is 14.2 Å². The molecule has 0 saturated carbocycles. The van der Waals surface area contributed by atoms with Crippen LogP contribution in [0.4, 0.5) is 0 Å². The molecule has 8 rings (SSSR count). The molecule has 2 aromatic heterocycles. The summed E-state index contributed by atoms with van der Waals surface area (Å²) in [6, 6.07) is 50.8. The zero-order chi connectivity index (χ0) is 48.2. The summed E-state index contributed by atoms with van der Waals surface area (Å²) in [7, 11) is 1.31. The summed E-state index contributed by atoms with van der Waals surface area (Å²) in [6.45, 7) is 0.770. The van der Waals surface area contributed by atoms with Gasteiger partial charge in [0.05, 0.1) is 7.11 Å². The molecule has 0 spiro atoms. The van der Waals surface area contributed by atoms with Gasteiger partial charge in [0, 0.05) is 59.9 Å². The number of hydrogen-bond acceptors (Lipinski definition) is 11. The van der Waals surface area contributed by atoms with Gasteiger partial charge in [0.25, 0.3) is 11.8 Å². The molecule has 14 heteroatoms. The first kappa shape index (κ1) is 47.9. The second-order valence-electron chi connectivity index (χ2n) is 15.5. The Kier molecular flexibility index (Phi) is 17.0. The van der Waals surface area contributed by atoms with Gasteiger partial charge in [0.15, 0.2) is 0 Å². The summed E-state index contributed by atoms with van der Waals surface area (Å²) in [5, 5.41) is 14.9. The van der Waals surface area contributed by atoms with E-state index in [1.807, 2.05) is 133 Å². The van der Waals surface area contributed by atoms with Crippen molar-refractivity contribution in [2.75, 3.05) is 7.11 Å². The van der Waals surface area contributed by atoms with E-state index < -0.39 is 29.9 Å². The second-order valence-corrected chi connectivity index (χ2v) is 15.5. The number of carbonyl (C=O) groups excluding carboxylic acids is 3. The number of rotatable bonds is 18. The molecule has 14 nitrogen and oxygen atoms in total. The first-order valence-electron chi connectivity index (χ1n) is 21.9. The number of nitrogens with one attached hydrogen (secondary N) is 2. The van der Waals surface area contributed by atoms with Crippen molar-refractivity contribution in [3.63, 3.8) is 0 Å². The zero-order valence-electron chi connectivity index (χ0n) is 37.6. The highest BCUT2D eigenvalue weighted by atomic mass is 16.5. The highest BCUT2D eigenvalue weighted by Crippen LogP contribution is 2.22. The molecule has 0 aliphatic heterocycles. The maximum Gasteiger partial charge on any atom is 0.328 e. The van der Waals surface area contributed by atoms with Crippen LogP contribution in [0.1, 0.15) is 43.0 Å². The molecule has 0 aliphatic carbocycles. The van der Waals surface area contributed by atoms with Crippen molar-refractivity contribution in [3.8, 4) is 34.3 Å². The second kappa shape index (κ2) is 24.5. The van der Waals surface area contributed by atoms with E-state index in [9.17, 15) is 24.3 Å². The van der Waals surface area contributed by atoms with E-state index in [0.29, 0.717) is 36.8 Å². The number of aromatic nitrogens is 4. The molecule has 0 aliphatic rings. The van der Waals surface area contributed by atoms with Gasteiger partial charge in [-0.3, -0.25) is 9.59 Å². The van der Waals surface area contributed by atoms with Crippen molar-refractivity contribution in [1.29, 1.82) is 0 Å². The summed E-state index contributed by atoms with van der Waals surface area (Å²) < 4.78 is 16.1. The zero-order valence-corrected chi connectivity index (χ0v) is 37.6. The topological polar surface area (TPSA) is 192 Å². The number of amides is 2. The molecule has 0 bridgehead atoms. The highest BCUT2D eigenvalue weighted by molar-refractivity contribution is 5.98. The van der Waals surface area contributed by atoms with Crippen LogP contribution in [0.25, 0.3) is 22.3 Å². The quantitative estimate of drug-likeness (QED) is 0.0698. The van der Waals surface area contributed by atoms with E-state index in [1.165, 1.54) is 7.11 Å². The minimum absolute atomic E-state index is 0.204. The van der Waals surface area contributed by atoms with Gasteiger partial charge in [-0.15, -0.1) is 0 Å². The van der Waals surface area contributed by atoms with Crippen LogP contribution in [0, 0.1) is 0 Å². The molecule has 2 unspecified atom stereocenters. The third-order valence-corrected chi connectivity index (χ3v) is 10.6. The molecule has 2 atom stereocenters. The third kappa shape index (κ3) is 14.5. The molecule has 6 aromatic carbocycles. The van der Waals surface area contributed by atoms with Crippen molar-refractivity contribution >= 4 is 23.8 Å². The number of esters is 1. The Morgan fingerprint density at radius 3 is 1.13 bits per heavy atom. The van der Waals surface area contributed by atoms with Gasteiger partial charge in [0.2, 0.25) is 0 Å². The van der Waals surface area contributed by atoms with Crippen LogP contribution in [0.3, 0.4) is 0 Å². The maximum atomic E-state index is 12.8. The first-order valence-corrected chi connectivity index (χ1v) is 21.9. The molecular formula is C55H48N6O8. The molecule has 0 saturated heterocycles. The van der Waals surface area contributed by atoms with Gasteiger partial charge in [-0.05, 0) is 57.6 Å². The normalized spacial score (nSPS) is 11.4. The third-order valence-electron chi connectivity index (χ3n) is 10.6. The minimum Gasteiger partial charge on any atom is -0.480 e. The molecule has 2 heterocycles.